The van der Waals surface area contributed by atoms with Gasteiger partial charge >= 0.3 is 0 Å². The Morgan fingerprint density at radius 2 is 2.24 bits per heavy atom. The van der Waals surface area contributed by atoms with Gasteiger partial charge in [0.15, 0.2) is 5.13 Å². The molecule has 2 heterocycles. The molecule has 0 fully saturated rings. The lowest BCUT2D eigenvalue weighted by molar-refractivity contribution is -0.114. The maximum atomic E-state index is 11.0. The van der Waals surface area contributed by atoms with E-state index in [0.29, 0.717) is 5.13 Å². The molecule has 5 heteroatoms. The standard InChI is InChI=1S/C12H10N2OS2/c1-7(15)13-12-14-11-8-4-2-3-5-9(8)16-6-10(11)17-12/h2-5H,6H2,1H3,(H,13,14,15). The number of carbonyl (C=O) groups is 1. The number of benzene rings is 1. The van der Waals surface area contributed by atoms with E-state index in [1.54, 1.807) is 11.3 Å². The van der Waals surface area contributed by atoms with Gasteiger partial charge in [-0.05, 0) is 6.07 Å². The molecule has 1 aromatic heterocycles. The summed E-state index contributed by atoms with van der Waals surface area (Å²) in [7, 11) is 0. The van der Waals surface area contributed by atoms with Crippen molar-refractivity contribution in [2.75, 3.05) is 5.32 Å². The number of amides is 1. The van der Waals surface area contributed by atoms with Crippen LogP contribution in [0, 0.1) is 0 Å². The van der Waals surface area contributed by atoms with E-state index in [9.17, 15) is 4.79 Å². The molecule has 0 unspecified atom stereocenters. The molecular formula is C12H10N2OS2. The van der Waals surface area contributed by atoms with E-state index in [1.807, 2.05) is 23.9 Å². The fourth-order valence-corrected chi connectivity index (χ4v) is 3.94. The highest BCUT2D eigenvalue weighted by molar-refractivity contribution is 7.98. The van der Waals surface area contributed by atoms with E-state index in [0.717, 1.165) is 11.4 Å². The maximum absolute atomic E-state index is 11.0. The van der Waals surface area contributed by atoms with Crippen molar-refractivity contribution in [2.24, 2.45) is 0 Å². The zero-order valence-electron chi connectivity index (χ0n) is 9.19. The Bertz CT molecular complexity index is 592. The number of thioether (sulfide) groups is 1. The van der Waals surface area contributed by atoms with Gasteiger partial charge in [0.2, 0.25) is 5.91 Å². The normalized spacial score (nSPS) is 12.8. The van der Waals surface area contributed by atoms with Gasteiger partial charge in [-0.25, -0.2) is 4.98 Å². The van der Waals surface area contributed by atoms with Gasteiger partial charge in [-0.2, -0.15) is 0 Å². The molecule has 1 aromatic carbocycles. The van der Waals surface area contributed by atoms with E-state index < -0.39 is 0 Å². The number of hydrogen-bond acceptors (Lipinski definition) is 4. The molecule has 0 saturated heterocycles. The van der Waals surface area contributed by atoms with Crippen LogP contribution in [0.25, 0.3) is 11.3 Å². The predicted molar refractivity (Wildman–Crippen MR) is 71.4 cm³/mol. The van der Waals surface area contributed by atoms with Gasteiger partial charge < -0.3 is 5.32 Å². The largest absolute Gasteiger partial charge is 0.302 e. The van der Waals surface area contributed by atoms with Crippen molar-refractivity contribution < 1.29 is 4.79 Å². The van der Waals surface area contributed by atoms with Gasteiger partial charge in [-0.3, -0.25) is 4.79 Å². The molecule has 86 valence electrons. The van der Waals surface area contributed by atoms with Crippen LogP contribution in [0.15, 0.2) is 29.2 Å². The number of rotatable bonds is 1. The van der Waals surface area contributed by atoms with Crippen molar-refractivity contribution >= 4 is 34.1 Å². The molecule has 1 aliphatic heterocycles. The van der Waals surface area contributed by atoms with Gasteiger partial charge in [0.25, 0.3) is 0 Å². The van der Waals surface area contributed by atoms with Crippen LogP contribution in [0.1, 0.15) is 11.8 Å². The van der Waals surface area contributed by atoms with Crippen LogP contribution in [0.4, 0.5) is 5.13 Å². The molecule has 0 spiro atoms. The van der Waals surface area contributed by atoms with Gasteiger partial charge in [-0.15, -0.1) is 23.1 Å². The minimum Gasteiger partial charge on any atom is -0.302 e. The first kappa shape index (κ1) is 10.8. The second-order valence-electron chi connectivity index (χ2n) is 3.76. The molecule has 3 nitrogen and oxygen atoms in total. The van der Waals surface area contributed by atoms with Crippen LogP contribution in [0.3, 0.4) is 0 Å². The van der Waals surface area contributed by atoms with Crippen molar-refractivity contribution in [3.05, 3.63) is 29.1 Å². The van der Waals surface area contributed by atoms with Crippen LogP contribution in [-0.4, -0.2) is 10.9 Å². The lowest BCUT2D eigenvalue weighted by Gasteiger charge is -2.13. The van der Waals surface area contributed by atoms with Crippen molar-refractivity contribution in [3.8, 4) is 11.3 Å². The third-order valence-electron chi connectivity index (χ3n) is 2.48. The zero-order chi connectivity index (χ0) is 11.8. The molecule has 1 aliphatic rings. The number of anilines is 1. The summed E-state index contributed by atoms with van der Waals surface area (Å²) in [6.07, 6.45) is 0. The molecule has 0 atom stereocenters. The second-order valence-corrected chi connectivity index (χ2v) is 5.86. The lowest BCUT2D eigenvalue weighted by atomic mass is 10.1. The summed E-state index contributed by atoms with van der Waals surface area (Å²) in [5, 5.41) is 3.45. The van der Waals surface area contributed by atoms with Gasteiger partial charge in [0.1, 0.15) is 0 Å². The number of nitrogens with one attached hydrogen (secondary N) is 1. The quantitative estimate of drug-likeness (QED) is 0.856. The molecule has 0 aliphatic carbocycles. The van der Waals surface area contributed by atoms with Crippen LogP contribution in [0.5, 0.6) is 0 Å². The van der Waals surface area contributed by atoms with E-state index >= 15 is 0 Å². The molecule has 1 N–H and O–H groups in total. The number of aromatic nitrogens is 1. The summed E-state index contributed by atoms with van der Waals surface area (Å²) in [5.41, 5.74) is 2.19. The first-order chi connectivity index (χ1) is 8.24. The number of nitrogens with zero attached hydrogens (tertiary/aromatic N) is 1. The van der Waals surface area contributed by atoms with E-state index in [4.69, 9.17) is 0 Å². The van der Waals surface area contributed by atoms with Crippen molar-refractivity contribution in [2.45, 2.75) is 17.6 Å². The SMILES string of the molecule is CC(=O)Nc1nc2c(s1)CSc1ccccc1-2. The predicted octanol–water partition coefficient (Wildman–Crippen LogP) is 3.37. The fraction of sp³-hybridized carbons (Fsp3) is 0.167. The highest BCUT2D eigenvalue weighted by atomic mass is 32.2. The van der Waals surface area contributed by atoms with Crippen LogP contribution < -0.4 is 5.32 Å². The van der Waals surface area contributed by atoms with Crippen molar-refractivity contribution in [1.29, 1.82) is 0 Å². The maximum Gasteiger partial charge on any atom is 0.223 e. The average molecular weight is 262 g/mol. The van der Waals surface area contributed by atoms with Crippen LogP contribution >= 0.6 is 23.1 Å². The van der Waals surface area contributed by atoms with Crippen LogP contribution in [0.2, 0.25) is 0 Å². The molecule has 0 bridgehead atoms. The first-order valence-corrected chi connectivity index (χ1v) is 7.04. The lowest BCUT2D eigenvalue weighted by Crippen LogP contribution is -2.04. The van der Waals surface area contributed by atoms with Crippen LogP contribution in [-0.2, 0) is 10.5 Å². The van der Waals surface area contributed by atoms with Gasteiger partial charge in [0.05, 0.1) is 5.69 Å². The topological polar surface area (TPSA) is 42.0 Å². The summed E-state index contributed by atoms with van der Waals surface area (Å²) < 4.78 is 0. The van der Waals surface area contributed by atoms with E-state index in [2.05, 4.69) is 22.4 Å². The minimum atomic E-state index is -0.0722. The molecular weight excluding hydrogens is 252 g/mol. The van der Waals surface area contributed by atoms with Gasteiger partial charge in [0, 0.05) is 28.0 Å². The summed E-state index contributed by atoms with van der Waals surface area (Å²) in [4.78, 5) is 18.0. The number of carbonyl (C=O) groups excluding carboxylic acids is 1. The third-order valence-corrected chi connectivity index (χ3v) is 4.73. The summed E-state index contributed by atoms with van der Waals surface area (Å²) in [6, 6.07) is 8.25. The monoisotopic (exact) mass is 262 g/mol. The molecule has 1 amide bonds. The number of fused-ring (bicyclic) bond motifs is 3. The molecule has 2 aromatic rings. The Morgan fingerprint density at radius 3 is 3.06 bits per heavy atom. The third kappa shape index (κ3) is 1.96. The smallest absolute Gasteiger partial charge is 0.223 e. The molecule has 17 heavy (non-hydrogen) atoms. The Balaban J connectivity index is 2.07. The first-order valence-electron chi connectivity index (χ1n) is 5.23. The molecule has 0 saturated carbocycles. The highest BCUT2D eigenvalue weighted by Crippen LogP contribution is 2.44. The zero-order valence-corrected chi connectivity index (χ0v) is 10.8. The number of hydrogen-bond donors (Lipinski definition) is 1. The van der Waals surface area contributed by atoms with Gasteiger partial charge in [-0.1, -0.05) is 18.2 Å². The minimum absolute atomic E-state index is 0.0722. The Labute approximate surface area is 107 Å². The Morgan fingerprint density at radius 1 is 1.41 bits per heavy atom. The Hall–Kier alpha value is -1.33. The number of thiazole rings is 1. The van der Waals surface area contributed by atoms with Crippen molar-refractivity contribution in [1.82, 2.24) is 4.98 Å². The highest BCUT2D eigenvalue weighted by Gasteiger charge is 2.21. The molecule has 3 rings (SSSR count). The molecule has 0 radical (unpaired) electrons. The van der Waals surface area contributed by atoms with Crippen molar-refractivity contribution in [3.63, 3.8) is 0 Å². The summed E-state index contributed by atoms with van der Waals surface area (Å²) in [5.74, 6) is 0.862. The second kappa shape index (κ2) is 4.16. The van der Waals surface area contributed by atoms with E-state index in [1.165, 1.54) is 22.3 Å². The fourth-order valence-electron chi connectivity index (χ4n) is 1.80. The van der Waals surface area contributed by atoms with E-state index in [-0.39, 0.29) is 5.91 Å². The average Bonchev–Trinajstić information content (AvgIpc) is 2.70. The summed E-state index contributed by atoms with van der Waals surface area (Å²) >= 11 is 3.38. The summed E-state index contributed by atoms with van der Waals surface area (Å²) in [6.45, 7) is 1.50. The Kier molecular flexibility index (Phi) is 2.64.